The number of nitrogens with one attached hydrogen (secondary N) is 1. The standard InChI is InChI=1S/C23H28N2O2/c1-2-21(18-10-6-5-7-11-18)22(26)24-20-14-12-19(13-15-20)23(27)25-16-8-3-4-9-17-25/h5-7,10-15,21H,2-4,8-9,16-17H2,1H3,(H,24,26). The van der Waals surface area contributed by atoms with Crippen LogP contribution >= 0.6 is 0 Å². The second-order valence-corrected chi connectivity index (χ2v) is 7.14. The molecule has 0 spiro atoms. The van der Waals surface area contributed by atoms with Gasteiger partial charge in [-0.15, -0.1) is 0 Å². The zero-order chi connectivity index (χ0) is 19.1. The Kier molecular flexibility index (Phi) is 6.64. The molecular weight excluding hydrogens is 336 g/mol. The molecule has 1 atom stereocenters. The maximum absolute atomic E-state index is 12.7. The van der Waals surface area contributed by atoms with Crippen LogP contribution in [0, 0.1) is 0 Å². The Morgan fingerprint density at radius 2 is 1.56 bits per heavy atom. The molecule has 0 aliphatic carbocycles. The summed E-state index contributed by atoms with van der Waals surface area (Å²) in [6.07, 6.45) is 5.31. The summed E-state index contributed by atoms with van der Waals surface area (Å²) in [6.45, 7) is 3.69. The molecule has 1 aliphatic heterocycles. The summed E-state index contributed by atoms with van der Waals surface area (Å²) >= 11 is 0. The molecule has 1 aliphatic rings. The summed E-state index contributed by atoms with van der Waals surface area (Å²) in [5.41, 5.74) is 2.43. The molecule has 4 heteroatoms. The van der Waals surface area contributed by atoms with E-state index in [4.69, 9.17) is 0 Å². The highest BCUT2D eigenvalue weighted by Gasteiger charge is 2.20. The van der Waals surface area contributed by atoms with Crippen molar-refractivity contribution in [2.75, 3.05) is 18.4 Å². The molecule has 1 fully saturated rings. The molecule has 1 N–H and O–H groups in total. The lowest BCUT2D eigenvalue weighted by molar-refractivity contribution is -0.117. The highest BCUT2D eigenvalue weighted by atomic mass is 16.2. The number of hydrogen-bond donors (Lipinski definition) is 1. The molecule has 2 amide bonds. The smallest absolute Gasteiger partial charge is 0.253 e. The molecule has 142 valence electrons. The van der Waals surface area contributed by atoms with E-state index >= 15 is 0 Å². The van der Waals surface area contributed by atoms with Crippen molar-refractivity contribution in [3.05, 3.63) is 65.7 Å². The number of amides is 2. The largest absolute Gasteiger partial charge is 0.339 e. The van der Waals surface area contributed by atoms with Gasteiger partial charge in [0.1, 0.15) is 0 Å². The highest BCUT2D eigenvalue weighted by Crippen LogP contribution is 2.22. The third-order valence-corrected chi connectivity index (χ3v) is 5.22. The molecule has 1 heterocycles. The summed E-state index contributed by atoms with van der Waals surface area (Å²) < 4.78 is 0. The Balaban J connectivity index is 1.64. The number of carbonyl (C=O) groups is 2. The van der Waals surface area contributed by atoms with Crippen molar-refractivity contribution < 1.29 is 9.59 Å². The molecular formula is C23H28N2O2. The quantitative estimate of drug-likeness (QED) is 0.826. The molecule has 0 saturated carbocycles. The van der Waals surface area contributed by atoms with Crippen LogP contribution in [0.3, 0.4) is 0 Å². The van der Waals surface area contributed by atoms with Crippen molar-refractivity contribution >= 4 is 17.5 Å². The van der Waals surface area contributed by atoms with Crippen molar-refractivity contribution in [3.63, 3.8) is 0 Å². The number of nitrogens with zero attached hydrogens (tertiary/aromatic N) is 1. The molecule has 1 saturated heterocycles. The Morgan fingerprint density at radius 3 is 2.15 bits per heavy atom. The van der Waals surface area contributed by atoms with E-state index in [9.17, 15) is 9.59 Å². The fraction of sp³-hybridized carbons (Fsp3) is 0.391. The van der Waals surface area contributed by atoms with Gasteiger partial charge in [0, 0.05) is 24.3 Å². The van der Waals surface area contributed by atoms with Gasteiger partial charge in [-0.2, -0.15) is 0 Å². The van der Waals surface area contributed by atoms with Crippen LogP contribution in [0.5, 0.6) is 0 Å². The number of hydrogen-bond acceptors (Lipinski definition) is 2. The van der Waals surface area contributed by atoms with E-state index in [1.807, 2.05) is 66.4 Å². The van der Waals surface area contributed by atoms with Gasteiger partial charge in [-0.25, -0.2) is 0 Å². The van der Waals surface area contributed by atoms with Gasteiger partial charge in [0.05, 0.1) is 5.92 Å². The zero-order valence-electron chi connectivity index (χ0n) is 16.0. The first kappa shape index (κ1) is 19.2. The van der Waals surface area contributed by atoms with Crippen molar-refractivity contribution in [1.82, 2.24) is 4.90 Å². The van der Waals surface area contributed by atoms with Gasteiger partial charge in [-0.05, 0) is 49.1 Å². The third kappa shape index (κ3) is 4.97. The zero-order valence-corrected chi connectivity index (χ0v) is 16.0. The van der Waals surface area contributed by atoms with Crippen LogP contribution in [0.4, 0.5) is 5.69 Å². The Morgan fingerprint density at radius 1 is 0.926 bits per heavy atom. The van der Waals surface area contributed by atoms with Gasteiger partial charge < -0.3 is 10.2 Å². The number of carbonyl (C=O) groups excluding carboxylic acids is 2. The first-order valence-electron chi connectivity index (χ1n) is 9.94. The Labute approximate surface area is 161 Å². The van der Waals surface area contributed by atoms with Crippen LogP contribution < -0.4 is 5.32 Å². The Hall–Kier alpha value is -2.62. The highest BCUT2D eigenvalue weighted by molar-refractivity contribution is 5.97. The van der Waals surface area contributed by atoms with Crippen LogP contribution in [0.25, 0.3) is 0 Å². The summed E-state index contributed by atoms with van der Waals surface area (Å²) in [4.78, 5) is 27.3. The maximum Gasteiger partial charge on any atom is 0.253 e. The number of benzene rings is 2. The monoisotopic (exact) mass is 364 g/mol. The maximum atomic E-state index is 12.7. The summed E-state index contributed by atoms with van der Waals surface area (Å²) in [6, 6.07) is 17.1. The van der Waals surface area contributed by atoms with Gasteiger partial charge in [0.25, 0.3) is 5.91 Å². The average molecular weight is 364 g/mol. The molecule has 0 bridgehead atoms. The molecule has 27 heavy (non-hydrogen) atoms. The third-order valence-electron chi connectivity index (χ3n) is 5.22. The van der Waals surface area contributed by atoms with Gasteiger partial charge in [0.15, 0.2) is 0 Å². The molecule has 0 radical (unpaired) electrons. The molecule has 1 unspecified atom stereocenters. The van der Waals surface area contributed by atoms with E-state index in [0.717, 1.165) is 43.6 Å². The van der Waals surface area contributed by atoms with Crippen molar-refractivity contribution in [2.24, 2.45) is 0 Å². The second-order valence-electron chi connectivity index (χ2n) is 7.14. The lowest BCUT2D eigenvalue weighted by atomic mass is 9.95. The normalized spacial score (nSPS) is 15.7. The van der Waals surface area contributed by atoms with Crippen LogP contribution in [-0.4, -0.2) is 29.8 Å². The fourth-order valence-corrected chi connectivity index (χ4v) is 3.64. The minimum atomic E-state index is -0.176. The van der Waals surface area contributed by atoms with Crippen LogP contribution in [0.15, 0.2) is 54.6 Å². The van der Waals surface area contributed by atoms with E-state index in [0.29, 0.717) is 5.56 Å². The first-order chi connectivity index (χ1) is 13.2. The number of rotatable bonds is 5. The topological polar surface area (TPSA) is 49.4 Å². The van der Waals surface area contributed by atoms with E-state index < -0.39 is 0 Å². The first-order valence-corrected chi connectivity index (χ1v) is 9.94. The second kappa shape index (κ2) is 9.36. The SMILES string of the molecule is CCC(C(=O)Nc1ccc(C(=O)N2CCCCCC2)cc1)c1ccccc1. The lowest BCUT2D eigenvalue weighted by Crippen LogP contribution is -2.31. The van der Waals surface area contributed by atoms with Gasteiger partial charge in [-0.3, -0.25) is 9.59 Å². The van der Waals surface area contributed by atoms with E-state index in [-0.39, 0.29) is 17.7 Å². The van der Waals surface area contributed by atoms with Crippen molar-refractivity contribution in [2.45, 2.75) is 44.9 Å². The van der Waals surface area contributed by atoms with E-state index in [2.05, 4.69) is 5.32 Å². The average Bonchev–Trinajstić information content (AvgIpc) is 2.99. The minimum Gasteiger partial charge on any atom is -0.339 e. The molecule has 2 aromatic rings. The lowest BCUT2D eigenvalue weighted by Gasteiger charge is -2.20. The van der Waals surface area contributed by atoms with Gasteiger partial charge in [-0.1, -0.05) is 50.1 Å². The summed E-state index contributed by atoms with van der Waals surface area (Å²) in [5.74, 6) is -0.106. The number of likely N-dealkylation sites (tertiary alicyclic amines) is 1. The van der Waals surface area contributed by atoms with Crippen molar-refractivity contribution in [3.8, 4) is 0 Å². The van der Waals surface area contributed by atoms with E-state index in [1.54, 1.807) is 0 Å². The van der Waals surface area contributed by atoms with E-state index in [1.165, 1.54) is 12.8 Å². The Bertz CT molecular complexity index is 748. The summed E-state index contributed by atoms with van der Waals surface area (Å²) in [7, 11) is 0. The predicted octanol–water partition coefficient (Wildman–Crippen LogP) is 4.84. The minimum absolute atomic E-state index is 0.0182. The van der Waals surface area contributed by atoms with Crippen LogP contribution in [0.1, 0.15) is 60.9 Å². The number of anilines is 1. The predicted molar refractivity (Wildman–Crippen MR) is 109 cm³/mol. The van der Waals surface area contributed by atoms with Gasteiger partial charge in [0.2, 0.25) is 5.91 Å². The molecule has 2 aromatic carbocycles. The molecule has 0 aromatic heterocycles. The summed E-state index contributed by atoms with van der Waals surface area (Å²) in [5, 5.41) is 2.98. The molecule has 3 rings (SSSR count). The van der Waals surface area contributed by atoms with Crippen LogP contribution in [0.2, 0.25) is 0 Å². The van der Waals surface area contributed by atoms with Crippen molar-refractivity contribution in [1.29, 1.82) is 0 Å². The van der Waals surface area contributed by atoms with Gasteiger partial charge >= 0.3 is 0 Å². The molecule has 4 nitrogen and oxygen atoms in total. The fourth-order valence-electron chi connectivity index (χ4n) is 3.64. The van der Waals surface area contributed by atoms with Crippen LogP contribution in [-0.2, 0) is 4.79 Å².